The normalized spacial score (nSPS) is 19.1. The summed E-state index contributed by atoms with van der Waals surface area (Å²) in [4.78, 5) is 2.62. The van der Waals surface area contributed by atoms with Crippen LogP contribution in [0.2, 0.25) is 0 Å². The van der Waals surface area contributed by atoms with Crippen molar-refractivity contribution in [2.24, 2.45) is 11.8 Å². The van der Waals surface area contributed by atoms with E-state index in [1.807, 2.05) is 0 Å². The lowest BCUT2D eigenvalue weighted by Crippen LogP contribution is -2.42. The monoisotopic (exact) mass is 813 g/mol. The van der Waals surface area contributed by atoms with E-state index in [0.29, 0.717) is 5.92 Å². The van der Waals surface area contributed by atoms with Gasteiger partial charge in [0.2, 0.25) is 0 Å². The standard InChI is InChI=1S/C59H47N3O/c1-36-15-14-22-45-51-34-47-37(2)38(3)63-58(47)35-57(51)62(53-24-13-11-21-46(53)59(36)45)43-27-30-56-50(33-43)49-32-40(26-29-55(49)61(56)42-18-8-5-9-19-42)39-25-28-54-48(31-39)44-20-10-12-23-52(44)60(54)41-16-6-4-7-17-41/h4-8,10-14,16-18,20-36,51,57H,9,15,19H2,1-3H3. The molecule has 0 saturated heterocycles. The molecule has 1 aliphatic heterocycles. The first-order chi connectivity index (χ1) is 31.0. The van der Waals surface area contributed by atoms with Gasteiger partial charge in [-0.2, -0.15) is 0 Å². The minimum atomic E-state index is 0.0170. The van der Waals surface area contributed by atoms with E-state index in [2.05, 4.69) is 211 Å². The molecular weight excluding hydrogens is 767 g/mol. The molecule has 13 rings (SSSR count). The third-order valence-electron chi connectivity index (χ3n) is 14.5. The summed E-state index contributed by atoms with van der Waals surface area (Å²) in [5, 5.41) is 6.28. The summed E-state index contributed by atoms with van der Waals surface area (Å²) in [6.07, 6.45) is 19.6. The average Bonchev–Trinajstić information content (AvgIpc) is 3.91. The van der Waals surface area contributed by atoms with Crippen molar-refractivity contribution in [2.75, 3.05) is 4.90 Å². The molecule has 0 fully saturated rings. The number of benzene rings is 6. The first-order valence-corrected chi connectivity index (χ1v) is 22.6. The molecular formula is C59H47N3O. The highest BCUT2D eigenvalue weighted by atomic mass is 16.3. The molecule has 0 radical (unpaired) electrons. The maximum absolute atomic E-state index is 6.52. The lowest BCUT2D eigenvalue weighted by molar-refractivity contribution is 0.493. The van der Waals surface area contributed by atoms with Crippen LogP contribution < -0.4 is 15.5 Å². The molecule has 0 spiro atoms. The maximum atomic E-state index is 6.52. The predicted molar refractivity (Wildman–Crippen MR) is 264 cm³/mol. The topological polar surface area (TPSA) is 26.2 Å². The van der Waals surface area contributed by atoms with Gasteiger partial charge in [-0.05, 0) is 146 Å². The molecule has 4 aliphatic rings. The molecule has 6 aromatic carbocycles. The summed E-state index contributed by atoms with van der Waals surface area (Å²) in [5.74, 6) is 1.57. The average molecular weight is 814 g/mol. The molecule has 3 aliphatic carbocycles. The largest absolute Gasteiger partial charge is 0.461 e. The fourth-order valence-electron chi connectivity index (χ4n) is 11.5. The van der Waals surface area contributed by atoms with Crippen molar-refractivity contribution in [2.45, 2.75) is 46.1 Å². The van der Waals surface area contributed by atoms with Crippen molar-refractivity contribution in [3.63, 3.8) is 0 Å². The zero-order valence-corrected chi connectivity index (χ0v) is 35.8. The minimum Gasteiger partial charge on any atom is -0.461 e. The summed E-state index contributed by atoms with van der Waals surface area (Å²) in [6, 6.07) is 50.0. The Bertz CT molecular complexity index is 3660. The highest BCUT2D eigenvalue weighted by molar-refractivity contribution is 6.14. The van der Waals surface area contributed by atoms with Crippen LogP contribution in [-0.2, 0) is 0 Å². The molecule has 63 heavy (non-hydrogen) atoms. The van der Waals surface area contributed by atoms with Crippen molar-refractivity contribution in [1.29, 1.82) is 0 Å². The van der Waals surface area contributed by atoms with Gasteiger partial charge in [0.1, 0.15) is 11.2 Å². The van der Waals surface area contributed by atoms with Gasteiger partial charge in [0.25, 0.3) is 0 Å². The lowest BCUT2D eigenvalue weighted by atomic mass is 9.77. The summed E-state index contributed by atoms with van der Waals surface area (Å²) in [6.45, 7) is 6.71. The van der Waals surface area contributed by atoms with E-state index >= 15 is 0 Å². The Kier molecular flexibility index (Phi) is 8.00. The molecule has 4 heterocycles. The molecule has 0 N–H and O–H groups in total. The van der Waals surface area contributed by atoms with Gasteiger partial charge in [0.05, 0.1) is 28.1 Å². The summed E-state index contributed by atoms with van der Waals surface area (Å²) >= 11 is 0. The third kappa shape index (κ3) is 5.40. The van der Waals surface area contributed by atoms with Crippen LogP contribution in [0.4, 0.5) is 11.4 Å². The second-order valence-corrected chi connectivity index (χ2v) is 18.0. The summed E-state index contributed by atoms with van der Waals surface area (Å²) < 4.78 is 11.4. The van der Waals surface area contributed by atoms with Crippen LogP contribution >= 0.6 is 0 Å². The lowest BCUT2D eigenvalue weighted by Gasteiger charge is -2.36. The Morgan fingerprint density at radius 2 is 1.32 bits per heavy atom. The van der Waals surface area contributed by atoms with Gasteiger partial charge in [-0.1, -0.05) is 104 Å². The first-order valence-electron chi connectivity index (χ1n) is 22.6. The van der Waals surface area contributed by atoms with Crippen LogP contribution in [0.1, 0.15) is 43.1 Å². The number of hydrogen-bond acceptors (Lipinski definition) is 2. The molecule has 3 aromatic heterocycles. The van der Waals surface area contributed by atoms with Crippen LogP contribution in [-0.4, -0.2) is 15.2 Å². The van der Waals surface area contributed by atoms with Gasteiger partial charge in [-0.25, -0.2) is 0 Å². The smallest absolute Gasteiger partial charge is 0.132 e. The number of allylic oxidation sites excluding steroid dienone is 7. The van der Waals surface area contributed by atoms with Crippen molar-refractivity contribution in [3.8, 4) is 16.8 Å². The van der Waals surface area contributed by atoms with E-state index in [9.17, 15) is 0 Å². The van der Waals surface area contributed by atoms with Gasteiger partial charge in [0, 0.05) is 61.0 Å². The number of fused-ring (bicyclic) bond motifs is 11. The predicted octanol–water partition coefficient (Wildman–Crippen LogP) is 13.7. The number of para-hydroxylation sites is 3. The number of aromatic nitrogens is 2. The molecule has 9 aromatic rings. The number of nitrogens with zero attached hydrogens (tertiary/aromatic N) is 3. The number of hydrogen-bond donors (Lipinski definition) is 0. The molecule has 4 nitrogen and oxygen atoms in total. The SMILES string of the molecule is Cc1oc2c(c1C)=CC1C3=C(c4ccccc4N(c4ccc5c(c4)c4cc(-c6ccc7c(c6)c6ccccc6n7-c6ccccc6)ccc4n5C4=CC=CCC4)C1C=2)C(C)CC=C3. The minimum absolute atomic E-state index is 0.0170. The Morgan fingerprint density at radius 1 is 0.619 bits per heavy atom. The first kappa shape index (κ1) is 36.4. The number of rotatable bonds is 4. The van der Waals surface area contributed by atoms with Gasteiger partial charge in [-0.15, -0.1) is 0 Å². The summed E-state index contributed by atoms with van der Waals surface area (Å²) in [5.41, 5.74) is 18.7. The van der Waals surface area contributed by atoms with Gasteiger partial charge < -0.3 is 18.5 Å². The highest BCUT2D eigenvalue weighted by Gasteiger charge is 2.38. The van der Waals surface area contributed by atoms with Crippen molar-refractivity contribution < 1.29 is 4.42 Å². The van der Waals surface area contributed by atoms with Crippen molar-refractivity contribution in [1.82, 2.24) is 9.13 Å². The van der Waals surface area contributed by atoms with E-state index < -0.39 is 0 Å². The number of anilines is 2. The zero-order chi connectivity index (χ0) is 41.9. The Hall–Kier alpha value is -7.30. The van der Waals surface area contributed by atoms with Gasteiger partial charge in [-0.3, -0.25) is 0 Å². The number of aryl methyl sites for hydroxylation is 1. The van der Waals surface area contributed by atoms with Crippen molar-refractivity contribution in [3.05, 3.63) is 197 Å². The fraction of sp³-hybridized carbons (Fsp3) is 0.153. The second-order valence-electron chi connectivity index (χ2n) is 18.0. The van der Waals surface area contributed by atoms with Crippen LogP contribution in [0.25, 0.3) is 83.8 Å². The second kappa shape index (κ2) is 13.9. The van der Waals surface area contributed by atoms with Crippen LogP contribution in [0.15, 0.2) is 174 Å². The highest BCUT2D eigenvalue weighted by Crippen LogP contribution is 2.50. The summed E-state index contributed by atoms with van der Waals surface area (Å²) in [7, 11) is 0. The van der Waals surface area contributed by atoms with E-state index in [4.69, 9.17) is 4.42 Å². The van der Waals surface area contributed by atoms with Crippen LogP contribution in [0.5, 0.6) is 0 Å². The van der Waals surface area contributed by atoms with E-state index in [0.717, 1.165) is 30.4 Å². The molecule has 0 amide bonds. The Morgan fingerprint density at radius 3 is 2.13 bits per heavy atom. The Labute approximate surface area is 367 Å². The maximum Gasteiger partial charge on any atom is 0.132 e. The van der Waals surface area contributed by atoms with Gasteiger partial charge >= 0.3 is 0 Å². The molecule has 0 saturated carbocycles. The Balaban J connectivity index is 1.04. The molecule has 3 unspecified atom stereocenters. The van der Waals surface area contributed by atoms with E-state index in [1.165, 1.54) is 105 Å². The van der Waals surface area contributed by atoms with Crippen LogP contribution in [0.3, 0.4) is 0 Å². The third-order valence-corrected chi connectivity index (χ3v) is 14.5. The fourth-order valence-corrected chi connectivity index (χ4v) is 11.5. The van der Waals surface area contributed by atoms with Crippen LogP contribution in [0, 0.1) is 25.7 Å². The number of furan rings is 1. The zero-order valence-electron chi connectivity index (χ0n) is 35.8. The molecule has 0 bridgehead atoms. The van der Waals surface area contributed by atoms with E-state index in [1.54, 1.807) is 0 Å². The molecule has 4 heteroatoms. The molecule has 3 atom stereocenters. The molecule has 304 valence electrons. The van der Waals surface area contributed by atoms with E-state index in [-0.39, 0.29) is 12.0 Å². The van der Waals surface area contributed by atoms with Gasteiger partial charge in [0.15, 0.2) is 0 Å². The quantitative estimate of drug-likeness (QED) is 0.177. The van der Waals surface area contributed by atoms with Crippen molar-refractivity contribution >= 4 is 78.4 Å².